The van der Waals surface area contributed by atoms with Gasteiger partial charge in [0.05, 0.1) is 6.04 Å². The molecule has 0 radical (unpaired) electrons. The average molecular weight is 264 g/mol. The van der Waals surface area contributed by atoms with Gasteiger partial charge in [-0.1, -0.05) is 41.9 Å². The second kappa shape index (κ2) is 5.09. The van der Waals surface area contributed by atoms with Crippen molar-refractivity contribution in [2.75, 3.05) is 0 Å². The van der Waals surface area contributed by atoms with E-state index in [0.717, 1.165) is 16.7 Å². The van der Waals surface area contributed by atoms with Gasteiger partial charge in [0.15, 0.2) is 0 Å². The van der Waals surface area contributed by atoms with E-state index in [1.807, 2.05) is 25.1 Å². The van der Waals surface area contributed by atoms with Crippen LogP contribution >= 0.6 is 11.6 Å². The van der Waals surface area contributed by atoms with Crippen molar-refractivity contribution < 1.29 is 4.39 Å². The minimum atomic E-state index is -0.336. The number of hydrogen-bond acceptors (Lipinski definition) is 1. The zero-order chi connectivity index (χ0) is 13.3. The summed E-state index contributed by atoms with van der Waals surface area (Å²) in [7, 11) is 0. The first-order chi connectivity index (χ1) is 8.50. The number of rotatable bonds is 2. The van der Waals surface area contributed by atoms with Crippen molar-refractivity contribution in [2.24, 2.45) is 5.73 Å². The Bertz CT molecular complexity index is 581. The Labute approximate surface area is 111 Å². The third-order valence-electron chi connectivity index (χ3n) is 3.10. The maximum atomic E-state index is 13.2. The molecule has 18 heavy (non-hydrogen) atoms. The lowest BCUT2D eigenvalue weighted by atomic mass is 9.97. The molecule has 0 aromatic heterocycles. The van der Waals surface area contributed by atoms with Gasteiger partial charge in [-0.3, -0.25) is 0 Å². The molecule has 0 heterocycles. The summed E-state index contributed by atoms with van der Waals surface area (Å²) < 4.78 is 13.2. The fourth-order valence-corrected chi connectivity index (χ4v) is 2.19. The second-order valence-electron chi connectivity index (χ2n) is 4.46. The van der Waals surface area contributed by atoms with Crippen LogP contribution in [0.2, 0.25) is 5.02 Å². The molecule has 0 saturated carbocycles. The lowest BCUT2D eigenvalue weighted by molar-refractivity contribution is 0.617. The number of nitrogens with two attached hydrogens (primary N) is 1. The van der Waals surface area contributed by atoms with Crippen molar-refractivity contribution in [3.63, 3.8) is 0 Å². The van der Waals surface area contributed by atoms with Crippen molar-refractivity contribution in [1.29, 1.82) is 0 Å². The molecule has 2 N–H and O–H groups in total. The van der Waals surface area contributed by atoms with E-state index in [0.29, 0.717) is 10.6 Å². The lowest BCUT2D eigenvalue weighted by Gasteiger charge is -2.16. The number of halogens is 2. The number of benzene rings is 2. The molecular weight excluding hydrogens is 249 g/mol. The van der Waals surface area contributed by atoms with E-state index in [1.165, 1.54) is 6.07 Å². The standard InChI is InChI=1S/C15H15ClFN/c1-9-4-3-5-12(14(9)16)15(18)11-6-7-13(17)10(2)8-11/h3-8,15H,18H2,1-2H3. The molecule has 1 atom stereocenters. The summed E-state index contributed by atoms with van der Waals surface area (Å²) in [4.78, 5) is 0. The normalized spacial score (nSPS) is 12.5. The van der Waals surface area contributed by atoms with Crippen LogP contribution in [-0.2, 0) is 0 Å². The zero-order valence-electron chi connectivity index (χ0n) is 10.4. The van der Waals surface area contributed by atoms with Crippen LogP contribution in [0.3, 0.4) is 0 Å². The van der Waals surface area contributed by atoms with Crippen LogP contribution in [0, 0.1) is 19.7 Å². The van der Waals surface area contributed by atoms with Crippen LogP contribution in [-0.4, -0.2) is 0 Å². The maximum absolute atomic E-state index is 13.2. The largest absolute Gasteiger partial charge is 0.320 e. The molecule has 2 rings (SSSR count). The van der Waals surface area contributed by atoms with Crippen molar-refractivity contribution in [3.8, 4) is 0 Å². The molecule has 0 aliphatic carbocycles. The van der Waals surface area contributed by atoms with Gasteiger partial charge in [0.2, 0.25) is 0 Å². The van der Waals surface area contributed by atoms with Crippen molar-refractivity contribution in [3.05, 3.63) is 69.5 Å². The highest BCUT2D eigenvalue weighted by atomic mass is 35.5. The van der Waals surface area contributed by atoms with E-state index in [4.69, 9.17) is 17.3 Å². The van der Waals surface area contributed by atoms with Crippen LogP contribution < -0.4 is 5.73 Å². The molecule has 1 nitrogen and oxygen atoms in total. The van der Waals surface area contributed by atoms with Crippen LogP contribution in [0.4, 0.5) is 4.39 Å². The van der Waals surface area contributed by atoms with Gasteiger partial charge in [0.1, 0.15) is 5.82 Å². The van der Waals surface area contributed by atoms with Gasteiger partial charge in [-0.2, -0.15) is 0 Å². The summed E-state index contributed by atoms with van der Waals surface area (Å²) >= 11 is 6.25. The SMILES string of the molecule is Cc1cc(C(N)c2cccc(C)c2Cl)ccc1F. The Morgan fingerprint density at radius 3 is 2.50 bits per heavy atom. The molecule has 0 spiro atoms. The third-order valence-corrected chi connectivity index (χ3v) is 3.61. The Morgan fingerprint density at radius 1 is 1.11 bits per heavy atom. The molecule has 0 bridgehead atoms. The molecule has 0 saturated heterocycles. The Balaban J connectivity index is 2.44. The highest BCUT2D eigenvalue weighted by molar-refractivity contribution is 6.32. The van der Waals surface area contributed by atoms with Gasteiger partial charge >= 0.3 is 0 Å². The van der Waals surface area contributed by atoms with Crippen LogP contribution in [0.15, 0.2) is 36.4 Å². The van der Waals surface area contributed by atoms with Crippen LogP contribution in [0.5, 0.6) is 0 Å². The molecule has 94 valence electrons. The fourth-order valence-electron chi connectivity index (χ4n) is 1.95. The van der Waals surface area contributed by atoms with E-state index < -0.39 is 0 Å². The Kier molecular flexibility index (Phi) is 3.69. The molecule has 0 fully saturated rings. The zero-order valence-corrected chi connectivity index (χ0v) is 11.1. The van der Waals surface area contributed by atoms with Crippen molar-refractivity contribution >= 4 is 11.6 Å². The molecule has 0 amide bonds. The summed E-state index contributed by atoms with van der Waals surface area (Å²) in [6, 6.07) is 10.3. The minimum Gasteiger partial charge on any atom is -0.320 e. The minimum absolute atomic E-state index is 0.221. The highest BCUT2D eigenvalue weighted by Gasteiger charge is 2.14. The fraction of sp³-hybridized carbons (Fsp3) is 0.200. The third kappa shape index (κ3) is 2.40. The highest BCUT2D eigenvalue weighted by Crippen LogP contribution is 2.29. The first kappa shape index (κ1) is 13.1. The summed E-state index contributed by atoms with van der Waals surface area (Å²) in [5.74, 6) is -0.221. The predicted octanol–water partition coefficient (Wildman–Crippen LogP) is 4.14. The average Bonchev–Trinajstić information content (AvgIpc) is 2.35. The summed E-state index contributed by atoms with van der Waals surface area (Å²) in [6.07, 6.45) is 0. The first-order valence-electron chi connectivity index (χ1n) is 5.77. The summed E-state index contributed by atoms with van der Waals surface area (Å²) in [5, 5.41) is 0.673. The smallest absolute Gasteiger partial charge is 0.126 e. The topological polar surface area (TPSA) is 26.0 Å². The maximum Gasteiger partial charge on any atom is 0.126 e. The van der Waals surface area contributed by atoms with Crippen molar-refractivity contribution in [2.45, 2.75) is 19.9 Å². The first-order valence-corrected chi connectivity index (χ1v) is 6.15. The molecule has 1 unspecified atom stereocenters. The van der Waals surface area contributed by atoms with E-state index in [1.54, 1.807) is 19.1 Å². The van der Waals surface area contributed by atoms with Crippen LogP contribution in [0.1, 0.15) is 28.3 Å². The lowest BCUT2D eigenvalue weighted by Crippen LogP contribution is -2.13. The Morgan fingerprint density at radius 2 is 1.83 bits per heavy atom. The summed E-state index contributed by atoms with van der Waals surface area (Å²) in [6.45, 7) is 3.66. The predicted molar refractivity (Wildman–Crippen MR) is 73.4 cm³/mol. The van der Waals surface area contributed by atoms with Crippen molar-refractivity contribution in [1.82, 2.24) is 0 Å². The molecule has 0 aliphatic heterocycles. The van der Waals surface area contributed by atoms with E-state index in [9.17, 15) is 4.39 Å². The number of aryl methyl sites for hydroxylation is 2. The molecule has 2 aromatic carbocycles. The Hall–Kier alpha value is -1.38. The summed E-state index contributed by atoms with van der Waals surface area (Å²) in [5.41, 5.74) is 9.50. The number of hydrogen-bond donors (Lipinski definition) is 1. The second-order valence-corrected chi connectivity index (χ2v) is 4.84. The van der Waals surface area contributed by atoms with Gasteiger partial charge in [0.25, 0.3) is 0 Å². The molecule has 0 aliphatic rings. The van der Waals surface area contributed by atoms with E-state index in [2.05, 4.69) is 0 Å². The molecular formula is C15H15ClFN. The molecule has 3 heteroatoms. The van der Waals surface area contributed by atoms with Gasteiger partial charge in [-0.05, 0) is 42.2 Å². The van der Waals surface area contributed by atoms with Gasteiger partial charge in [-0.15, -0.1) is 0 Å². The van der Waals surface area contributed by atoms with Gasteiger partial charge in [-0.25, -0.2) is 4.39 Å². The van der Waals surface area contributed by atoms with E-state index >= 15 is 0 Å². The monoisotopic (exact) mass is 263 g/mol. The van der Waals surface area contributed by atoms with E-state index in [-0.39, 0.29) is 11.9 Å². The van der Waals surface area contributed by atoms with Gasteiger partial charge < -0.3 is 5.73 Å². The van der Waals surface area contributed by atoms with Crippen LogP contribution in [0.25, 0.3) is 0 Å². The van der Waals surface area contributed by atoms with Gasteiger partial charge in [0, 0.05) is 5.02 Å². The molecule has 2 aromatic rings. The quantitative estimate of drug-likeness (QED) is 0.866.